The molecule has 1 heterocycles. The Morgan fingerprint density at radius 2 is 2.14 bits per heavy atom. The van der Waals surface area contributed by atoms with Crippen LogP contribution in [0.3, 0.4) is 0 Å². The molecule has 2 nitrogen and oxygen atoms in total. The minimum absolute atomic E-state index is 0. The predicted molar refractivity (Wildman–Crippen MR) is 64.7 cm³/mol. The van der Waals surface area contributed by atoms with Gasteiger partial charge in [0.1, 0.15) is 0 Å². The fourth-order valence-corrected chi connectivity index (χ4v) is 1.25. The summed E-state index contributed by atoms with van der Waals surface area (Å²) in [6, 6.07) is 2.13. The van der Waals surface area contributed by atoms with E-state index in [1.807, 2.05) is 13.2 Å². The zero-order valence-electron chi connectivity index (χ0n) is 9.39. The summed E-state index contributed by atoms with van der Waals surface area (Å²) in [6.07, 6.45) is 3.68. The molecule has 1 N–H and O–H groups in total. The third-order valence-electron chi connectivity index (χ3n) is 2.25. The zero-order valence-corrected chi connectivity index (χ0v) is 9.39. The summed E-state index contributed by atoms with van der Waals surface area (Å²) in [6.45, 7) is 10.3. The van der Waals surface area contributed by atoms with Crippen LogP contribution in [0, 0.1) is 0 Å². The number of nitrogens with one attached hydrogen (secondary N) is 1. The van der Waals surface area contributed by atoms with Crippen molar-refractivity contribution in [3.8, 4) is 0 Å². The number of rotatable bonds is 2. The number of hydrogen-bond donors (Lipinski definition) is 1. The first kappa shape index (κ1) is 10.8. The maximum atomic E-state index is 4.35. The Morgan fingerprint density at radius 3 is 2.57 bits per heavy atom. The first-order chi connectivity index (χ1) is 6.49. The van der Waals surface area contributed by atoms with Crippen LogP contribution in [0.4, 0.5) is 5.69 Å². The van der Waals surface area contributed by atoms with Gasteiger partial charge in [0.05, 0.1) is 11.4 Å². The molecular formula is C12H20N2. The Balaban J connectivity index is 0.00000196. The van der Waals surface area contributed by atoms with E-state index in [-0.39, 0.29) is 6.84 Å². The second-order valence-corrected chi connectivity index (χ2v) is 4.36. The lowest BCUT2D eigenvalue weighted by Crippen LogP contribution is -2.12. The van der Waals surface area contributed by atoms with Gasteiger partial charge in [-0.15, -0.1) is 0 Å². The van der Waals surface area contributed by atoms with E-state index in [1.54, 1.807) is 6.08 Å². The van der Waals surface area contributed by atoms with Crippen LogP contribution in [0.2, 0.25) is 0 Å². The van der Waals surface area contributed by atoms with Crippen molar-refractivity contribution in [1.82, 2.24) is 4.98 Å². The molecule has 0 unspecified atom stereocenters. The van der Waals surface area contributed by atoms with Crippen LogP contribution in [0.15, 0.2) is 18.8 Å². The van der Waals surface area contributed by atoms with Gasteiger partial charge in [-0.25, -0.2) is 0 Å². The van der Waals surface area contributed by atoms with Crippen LogP contribution in [0.1, 0.15) is 33.5 Å². The van der Waals surface area contributed by atoms with Crippen molar-refractivity contribution in [2.75, 3.05) is 12.4 Å². The molecule has 0 aliphatic rings. The van der Waals surface area contributed by atoms with Gasteiger partial charge in [-0.2, -0.15) is 0 Å². The quantitative estimate of drug-likeness (QED) is 0.777. The third-order valence-corrected chi connectivity index (χ3v) is 2.25. The molecule has 0 aliphatic carbocycles. The molecule has 0 atom stereocenters. The maximum Gasteiger partial charge on any atom is 0.0855 e. The molecule has 1 aromatic heterocycles. The van der Waals surface area contributed by atoms with E-state index >= 15 is 0 Å². The lowest BCUT2D eigenvalue weighted by Gasteiger charge is -2.20. The van der Waals surface area contributed by atoms with Crippen molar-refractivity contribution >= 4 is 11.8 Å². The monoisotopic (exact) mass is 192 g/mol. The second kappa shape index (κ2) is 3.82. The third kappa shape index (κ3) is 2.13. The molecule has 0 radical (unpaired) electrons. The average molecular weight is 192 g/mol. The molecule has 0 saturated heterocycles. The SMILES string of the molecule is C=Cc1ncc(C(C)(C)C)cc1NC.[HH]. The molecular weight excluding hydrogens is 172 g/mol. The highest BCUT2D eigenvalue weighted by Gasteiger charge is 2.15. The van der Waals surface area contributed by atoms with Crippen LogP contribution in [0.25, 0.3) is 6.08 Å². The highest BCUT2D eigenvalue weighted by Crippen LogP contribution is 2.25. The van der Waals surface area contributed by atoms with E-state index in [4.69, 9.17) is 0 Å². The van der Waals surface area contributed by atoms with Gasteiger partial charge in [0, 0.05) is 14.7 Å². The van der Waals surface area contributed by atoms with Crippen LogP contribution in [-0.2, 0) is 5.41 Å². The first-order valence-electron chi connectivity index (χ1n) is 4.79. The van der Waals surface area contributed by atoms with Gasteiger partial charge in [0.15, 0.2) is 0 Å². The molecule has 0 aliphatic heterocycles. The molecule has 1 aromatic rings. The molecule has 0 saturated carbocycles. The summed E-state index contributed by atoms with van der Waals surface area (Å²) in [7, 11) is 1.90. The summed E-state index contributed by atoms with van der Waals surface area (Å²) in [5, 5.41) is 3.13. The van der Waals surface area contributed by atoms with E-state index < -0.39 is 0 Å². The summed E-state index contributed by atoms with van der Waals surface area (Å²) < 4.78 is 0. The molecule has 1 rings (SSSR count). The summed E-state index contributed by atoms with van der Waals surface area (Å²) >= 11 is 0. The molecule has 0 spiro atoms. The van der Waals surface area contributed by atoms with Crippen LogP contribution in [0.5, 0.6) is 0 Å². The van der Waals surface area contributed by atoms with Gasteiger partial charge in [-0.3, -0.25) is 4.98 Å². The van der Waals surface area contributed by atoms with E-state index in [2.05, 4.69) is 43.7 Å². The molecule has 78 valence electrons. The van der Waals surface area contributed by atoms with Crippen LogP contribution < -0.4 is 5.32 Å². The van der Waals surface area contributed by atoms with Crippen molar-refractivity contribution in [3.63, 3.8) is 0 Å². The van der Waals surface area contributed by atoms with Gasteiger partial charge in [-0.1, -0.05) is 27.4 Å². The van der Waals surface area contributed by atoms with Crippen molar-refractivity contribution < 1.29 is 1.43 Å². The number of aromatic nitrogens is 1. The standard InChI is InChI=1S/C12H18N2.H2/c1-6-10-11(13-5)7-9(8-14-10)12(2,3)4;/h6-8,13H,1H2,2-5H3;1H. The van der Waals surface area contributed by atoms with Crippen molar-refractivity contribution in [1.29, 1.82) is 0 Å². The molecule has 0 amide bonds. The van der Waals surface area contributed by atoms with Crippen LogP contribution in [-0.4, -0.2) is 12.0 Å². The van der Waals surface area contributed by atoms with Gasteiger partial charge in [0.25, 0.3) is 0 Å². The van der Waals surface area contributed by atoms with Crippen LogP contribution >= 0.6 is 0 Å². The molecule has 0 fully saturated rings. The second-order valence-electron chi connectivity index (χ2n) is 4.36. The molecule has 0 bridgehead atoms. The highest BCUT2D eigenvalue weighted by molar-refractivity contribution is 5.62. The first-order valence-corrected chi connectivity index (χ1v) is 4.79. The largest absolute Gasteiger partial charge is 0.386 e. The van der Waals surface area contributed by atoms with E-state index in [1.165, 1.54) is 5.56 Å². The molecule has 0 aromatic carbocycles. The fourth-order valence-electron chi connectivity index (χ4n) is 1.25. The topological polar surface area (TPSA) is 24.9 Å². The lowest BCUT2D eigenvalue weighted by molar-refractivity contribution is 0.587. The predicted octanol–water partition coefficient (Wildman–Crippen LogP) is 3.31. The molecule has 14 heavy (non-hydrogen) atoms. The zero-order chi connectivity index (χ0) is 10.8. The fraction of sp³-hybridized carbons (Fsp3) is 0.417. The Morgan fingerprint density at radius 1 is 1.50 bits per heavy atom. The number of nitrogens with zero attached hydrogens (tertiary/aromatic N) is 1. The normalized spacial score (nSPS) is 11.1. The highest BCUT2D eigenvalue weighted by atomic mass is 14.9. The van der Waals surface area contributed by atoms with Gasteiger partial charge in [-0.05, 0) is 23.1 Å². The Hall–Kier alpha value is -1.31. The Kier molecular flexibility index (Phi) is 2.94. The van der Waals surface area contributed by atoms with Gasteiger partial charge < -0.3 is 5.32 Å². The summed E-state index contributed by atoms with van der Waals surface area (Å²) in [4.78, 5) is 4.35. The van der Waals surface area contributed by atoms with Crippen molar-refractivity contribution in [2.24, 2.45) is 0 Å². The van der Waals surface area contributed by atoms with Gasteiger partial charge >= 0.3 is 0 Å². The Labute approximate surface area is 87.6 Å². The number of pyridine rings is 1. The van der Waals surface area contributed by atoms with E-state index in [9.17, 15) is 0 Å². The average Bonchev–Trinajstić information content (AvgIpc) is 2.15. The summed E-state index contributed by atoms with van der Waals surface area (Å²) in [5.74, 6) is 0. The minimum Gasteiger partial charge on any atom is -0.386 e. The molecule has 2 heteroatoms. The Bertz CT molecular complexity index is 340. The smallest absolute Gasteiger partial charge is 0.0855 e. The van der Waals surface area contributed by atoms with Gasteiger partial charge in [0.2, 0.25) is 0 Å². The number of hydrogen-bond acceptors (Lipinski definition) is 2. The van der Waals surface area contributed by atoms with E-state index in [0.717, 1.165) is 11.4 Å². The van der Waals surface area contributed by atoms with Crippen molar-refractivity contribution in [3.05, 3.63) is 30.1 Å². The van der Waals surface area contributed by atoms with Crippen molar-refractivity contribution in [2.45, 2.75) is 26.2 Å². The minimum atomic E-state index is 0. The maximum absolute atomic E-state index is 4.35. The lowest BCUT2D eigenvalue weighted by atomic mass is 9.88. The van der Waals surface area contributed by atoms with E-state index in [0.29, 0.717) is 0 Å². The number of anilines is 1. The summed E-state index contributed by atoms with van der Waals surface area (Å²) in [5.41, 5.74) is 3.30.